The van der Waals surface area contributed by atoms with Crippen LogP contribution >= 0.6 is 11.6 Å². The Morgan fingerprint density at radius 3 is 2.17 bits per heavy atom. The van der Waals surface area contributed by atoms with E-state index in [9.17, 15) is 14.0 Å². The first-order valence-electron chi connectivity index (χ1n) is 11.1. The van der Waals surface area contributed by atoms with E-state index < -0.39 is 36.4 Å². The Morgan fingerprint density at radius 2 is 1.56 bits per heavy atom. The highest BCUT2D eigenvalue weighted by molar-refractivity contribution is 6.33. The quantitative estimate of drug-likeness (QED) is 0.260. The minimum Gasteiger partial charge on any atom is -0.461 e. The van der Waals surface area contributed by atoms with E-state index in [1.807, 2.05) is 0 Å². The van der Waals surface area contributed by atoms with Crippen LogP contribution in [0.1, 0.15) is 20.7 Å². The molecule has 11 heteroatoms. The number of aromatic nitrogens is 4. The fourth-order valence-corrected chi connectivity index (χ4v) is 4.37. The molecular formula is C25H20ClFN4O5. The number of alkyl halides is 1. The number of hydrogen-bond acceptors (Lipinski definition) is 8. The molecule has 5 rings (SSSR count). The number of ether oxygens (including phenoxy) is 3. The Balaban J connectivity index is 1.40. The second kappa shape index (κ2) is 10.00. The summed E-state index contributed by atoms with van der Waals surface area (Å²) < 4.78 is 33.1. The molecule has 184 valence electrons. The van der Waals surface area contributed by atoms with Crippen LogP contribution in [0.15, 0.2) is 73.3 Å². The van der Waals surface area contributed by atoms with Crippen molar-refractivity contribution in [1.82, 2.24) is 19.5 Å². The van der Waals surface area contributed by atoms with Gasteiger partial charge in [0, 0.05) is 0 Å². The third kappa shape index (κ3) is 4.29. The molecule has 2 aromatic heterocycles. The molecule has 9 nitrogen and oxygen atoms in total. The van der Waals surface area contributed by atoms with Crippen LogP contribution in [0.25, 0.3) is 11.2 Å². The van der Waals surface area contributed by atoms with Crippen molar-refractivity contribution < 1.29 is 28.2 Å². The van der Waals surface area contributed by atoms with Gasteiger partial charge in [0.1, 0.15) is 37.8 Å². The van der Waals surface area contributed by atoms with E-state index in [4.69, 9.17) is 25.8 Å². The smallest absolute Gasteiger partial charge is 0.338 e. The molecule has 0 bridgehead atoms. The number of esters is 2. The lowest BCUT2D eigenvalue weighted by Crippen LogP contribution is -2.65. The van der Waals surface area contributed by atoms with Crippen LogP contribution in [-0.2, 0) is 19.9 Å². The number of hydrogen-bond donors (Lipinski definition) is 0. The van der Waals surface area contributed by atoms with Gasteiger partial charge in [-0.1, -0.05) is 48.0 Å². The first kappa shape index (κ1) is 23.8. The SMILES string of the molecule is O=C(OC[C@@H]1[C@@H](COC(=O)c2ccccc2)OC1(CF)n1cnc2c(Cl)ncnc21)c1ccccc1. The normalized spacial score (nSPS) is 21.1. The minimum absolute atomic E-state index is 0.104. The van der Waals surface area contributed by atoms with Crippen molar-refractivity contribution in [1.29, 1.82) is 0 Å². The molecule has 0 N–H and O–H groups in total. The minimum atomic E-state index is -1.60. The van der Waals surface area contributed by atoms with E-state index in [2.05, 4.69) is 15.0 Å². The molecule has 1 unspecified atom stereocenters. The molecule has 0 saturated carbocycles. The van der Waals surface area contributed by atoms with Crippen LogP contribution in [0.3, 0.4) is 0 Å². The van der Waals surface area contributed by atoms with Gasteiger partial charge in [-0.2, -0.15) is 0 Å². The molecule has 1 fully saturated rings. The fourth-order valence-electron chi connectivity index (χ4n) is 4.19. The van der Waals surface area contributed by atoms with Gasteiger partial charge in [0.2, 0.25) is 0 Å². The number of carbonyl (C=O) groups excluding carboxylic acids is 2. The maximum atomic E-state index is 14.7. The maximum absolute atomic E-state index is 14.7. The summed E-state index contributed by atoms with van der Waals surface area (Å²) in [6.07, 6.45) is 1.83. The summed E-state index contributed by atoms with van der Waals surface area (Å²) in [4.78, 5) is 37.3. The highest BCUT2D eigenvalue weighted by Gasteiger charge is 2.59. The maximum Gasteiger partial charge on any atom is 0.338 e. The van der Waals surface area contributed by atoms with Gasteiger partial charge in [-0.15, -0.1) is 0 Å². The summed E-state index contributed by atoms with van der Waals surface area (Å²) in [5.41, 5.74) is -0.357. The highest BCUT2D eigenvalue weighted by atomic mass is 35.5. The zero-order chi connectivity index (χ0) is 25.1. The molecule has 1 aliphatic rings. The third-order valence-corrected chi connectivity index (χ3v) is 6.34. The molecule has 0 aliphatic carbocycles. The summed E-state index contributed by atoms with van der Waals surface area (Å²) in [5, 5.41) is 0.104. The van der Waals surface area contributed by atoms with Gasteiger partial charge in [-0.3, -0.25) is 4.57 Å². The van der Waals surface area contributed by atoms with Crippen molar-refractivity contribution >= 4 is 34.7 Å². The van der Waals surface area contributed by atoms with Crippen LogP contribution in [0.4, 0.5) is 4.39 Å². The second-order valence-electron chi connectivity index (χ2n) is 8.12. The first-order chi connectivity index (χ1) is 17.5. The Hall–Kier alpha value is -3.89. The molecule has 1 saturated heterocycles. The molecular weight excluding hydrogens is 491 g/mol. The van der Waals surface area contributed by atoms with Crippen molar-refractivity contribution in [2.75, 3.05) is 19.9 Å². The van der Waals surface area contributed by atoms with Gasteiger partial charge >= 0.3 is 11.9 Å². The van der Waals surface area contributed by atoms with Crippen LogP contribution in [0, 0.1) is 5.92 Å². The van der Waals surface area contributed by atoms with Gasteiger partial charge in [0.05, 0.1) is 23.4 Å². The second-order valence-corrected chi connectivity index (χ2v) is 8.48. The molecule has 0 spiro atoms. The molecule has 4 aromatic rings. The summed E-state index contributed by atoms with van der Waals surface area (Å²) in [6.45, 7) is -1.37. The standard InChI is InChI=1S/C25H20ClFN4O5/c26-21-20-22(29-14-28-21)31(15-30-20)25(13-27)18(11-34-23(32)16-7-3-1-4-8-16)19(36-25)12-35-24(33)17-9-5-2-6-10-17/h1-10,14-15,18-19H,11-13H2/t18-,19-,25?/m1/s1. The van der Waals surface area contributed by atoms with Gasteiger partial charge < -0.3 is 14.2 Å². The van der Waals surface area contributed by atoms with Crippen molar-refractivity contribution in [3.05, 3.63) is 89.6 Å². The Kier molecular flexibility index (Phi) is 6.62. The molecule has 3 atom stereocenters. The summed E-state index contributed by atoms with van der Waals surface area (Å²) in [7, 11) is 0. The zero-order valence-corrected chi connectivity index (χ0v) is 19.5. The predicted molar refractivity (Wildman–Crippen MR) is 126 cm³/mol. The molecule has 2 aromatic carbocycles. The number of fused-ring (bicyclic) bond motifs is 1. The lowest BCUT2D eigenvalue weighted by Gasteiger charge is -2.53. The monoisotopic (exact) mass is 510 g/mol. The number of imidazole rings is 1. The zero-order valence-electron chi connectivity index (χ0n) is 18.8. The average Bonchev–Trinajstić information content (AvgIpc) is 3.35. The van der Waals surface area contributed by atoms with Crippen LogP contribution in [0.5, 0.6) is 0 Å². The van der Waals surface area contributed by atoms with E-state index in [0.29, 0.717) is 11.1 Å². The van der Waals surface area contributed by atoms with Gasteiger partial charge in [0.25, 0.3) is 0 Å². The van der Waals surface area contributed by atoms with E-state index in [-0.39, 0.29) is 29.5 Å². The third-order valence-electron chi connectivity index (χ3n) is 6.06. The topological polar surface area (TPSA) is 105 Å². The van der Waals surface area contributed by atoms with E-state index in [1.54, 1.807) is 60.7 Å². The van der Waals surface area contributed by atoms with Crippen molar-refractivity contribution in [2.45, 2.75) is 11.8 Å². The van der Waals surface area contributed by atoms with Crippen molar-refractivity contribution in [2.24, 2.45) is 5.92 Å². The molecule has 0 amide bonds. The van der Waals surface area contributed by atoms with E-state index in [0.717, 1.165) is 0 Å². The Labute approximate surface area is 209 Å². The largest absolute Gasteiger partial charge is 0.461 e. The number of benzene rings is 2. The van der Waals surface area contributed by atoms with Crippen molar-refractivity contribution in [3.63, 3.8) is 0 Å². The Morgan fingerprint density at radius 1 is 0.944 bits per heavy atom. The van der Waals surface area contributed by atoms with E-state index in [1.165, 1.54) is 17.2 Å². The number of rotatable bonds is 8. The van der Waals surface area contributed by atoms with Crippen LogP contribution in [0.2, 0.25) is 5.15 Å². The highest BCUT2D eigenvalue weighted by Crippen LogP contribution is 2.46. The number of halogens is 2. The van der Waals surface area contributed by atoms with Gasteiger partial charge in [-0.05, 0) is 24.3 Å². The first-order valence-corrected chi connectivity index (χ1v) is 11.4. The van der Waals surface area contributed by atoms with Crippen molar-refractivity contribution in [3.8, 4) is 0 Å². The predicted octanol–water partition coefficient (Wildman–Crippen LogP) is 3.83. The Bertz CT molecular complexity index is 1390. The molecule has 0 radical (unpaired) electrons. The summed E-state index contributed by atoms with van der Waals surface area (Å²) in [6, 6.07) is 16.9. The number of nitrogens with zero attached hydrogens (tertiary/aromatic N) is 4. The average molecular weight is 511 g/mol. The molecule has 3 heterocycles. The van der Waals surface area contributed by atoms with E-state index >= 15 is 0 Å². The van der Waals surface area contributed by atoms with Crippen LogP contribution < -0.4 is 0 Å². The summed E-state index contributed by atoms with van der Waals surface area (Å²) in [5.74, 6) is -1.86. The summed E-state index contributed by atoms with van der Waals surface area (Å²) >= 11 is 6.11. The number of carbonyl (C=O) groups is 2. The van der Waals surface area contributed by atoms with Gasteiger partial charge in [0.15, 0.2) is 16.5 Å². The fraction of sp³-hybridized carbons (Fsp3) is 0.240. The lowest BCUT2D eigenvalue weighted by molar-refractivity contribution is -0.326. The molecule has 36 heavy (non-hydrogen) atoms. The van der Waals surface area contributed by atoms with Crippen LogP contribution in [-0.4, -0.2) is 57.4 Å². The van der Waals surface area contributed by atoms with Gasteiger partial charge in [-0.25, -0.2) is 28.9 Å². The molecule has 1 aliphatic heterocycles. The lowest BCUT2D eigenvalue weighted by atomic mass is 9.84.